The van der Waals surface area contributed by atoms with Gasteiger partial charge in [0.25, 0.3) is 0 Å². The van der Waals surface area contributed by atoms with Crippen LogP contribution in [0.25, 0.3) is 0 Å². The SMILES string of the molecule is CC(C)(C)CC(COCCOCCOCC(CC(C)(C)C)(C(=O)O)C(C)(C)C)(C(=O)O)C(C)(C)C.CCOC(=O)C(COCCOCCOCC(CC(C)(C)C)(C(=O)OCC)C(C)(C)C)(CC(C)(C)C)C(C)(C)C. The minimum absolute atomic E-state index is 0.0734. The molecule has 440 valence electrons. The van der Waals surface area contributed by atoms with Crippen LogP contribution in [0.15, 0.2) is 0 Å². The van der Waals surface area contributed by atoms with Crippen molar-refractivity contribution in [2.75, 3.05) is 92.5 Å². The van der Waals surface area contributed by atoms with Gasteiger partial charge in [-0.2, -0.15) is 0 Å². The highest BCUT2D eigenvalue weighted by Gasteiger charge is 2.55. The molecule has 0 amide bonds. The predicted molar refractivity (Wildman–Crippen MR) is 297 cm³/mol. The van der Waals surface area contributed by atoms with Gasteiger partial charge >= 0.3 is 23.9 Å². The van der Waals surface area contributed by atoms with Crippen molar-refractivity contribution in [3.8, 4) is 0 Å². The average molecular weight is 1060 g/mol. The second-order valence-electron chi connectivity index (χ2n) is 29.8. The van der Waals surface area contributed by atoms with Crippen LogP contribution in [-0.4, -0.2) is 127 Å². The van der Waals surface area contributed by atoms with E-state index in [-0.39, 0.29) is 84.1 Å². The number of hydrogen-bond donors (Lipinski definition) is 2. The maximum atomic E-state index is 13.2. The number of carboxylic acid groups (broad SMARTS) is 2. The summed E-state index contributed by atoms with van der Waals surface area (Å²) in [4.78, 5) is 50.9. The van der Waals surface area contributed by atoms with E-state index in [2.05, 4.69) is 83.1 Å². The summed E-state index contributed by atoms with van der Waals surface area (Å²) in [6.07, 6.45) is 2.31. The minimum Gasteiger partial charge on any atom is -0.481 e. The van der Waals surface area contributed by atoms with Gasteiger partial charge in [0.2, 0.25) is 0 Å². The minimum atomic E-state index is -1.01. The van der Waals surface area contributed by atoms with Crippen molar-refractivity contribution < 1.29 is 67.3 Å². The summed E-state index contributed by atoms with van der Waals surface area (Å²) in [7, 11) is 0. The van der Waals surface area contributed by atoms with Gasteiger partial charge in [0, 0.05) is 0 Å². The molecule has 4 unspecified atom stereocenters. The molecule has 0 heterocycles. The molecule has 0 spiro atoms. The van der Waals surface area contributed by atoms with Crippen LogP contribution in [-0.2, 0) is 57.1 Å². The van der Waals surface area contributed by atoms with Gasteiger partial charge in [0.05, 0.1) is 114 Å². The van der Waals surface area contributed by atoms with E-state index in [0.29, 0.717) is 78.5 Å². The summed E-state index contributed by atoms with van der Waals surface area (Å²) in [6, 6.07) is 0. The Morgan fingerprint density at radius 1 is 0.297 bits per heavy atom. The van der Waals surface area contributed by atoms with Gasteiger partial charge in [-0.3, -0.25) is 19.2 Å². The molecule has 0 aliphatic rings. The summed E-state index contributed by atoms with van der Waals surface area (Å²) < 4.78 is 46.1. The summed E-state index contributed by atoms with van der Waals surface area (Å²) in [5.41, 5.74) is -5.63. The molecule has 0 aromatic carbocycles. The van der Waals surface area contributed by atoms with Gasteiger partial charge < -0.3 is 48.1 Å². The average Bonchev–Trinajstić information content (AvgIpc) is 3.17. The Morgan fingerprint density at radius 2 is 0.473 bits per heavy atom. The molecule has 0 bridgehead atoms. The number of carboxylic acids is 2. The van der Waals surface area contributed by atoms with Gasteiger partial charge in [-0.25, -0.2) is 0 Å². The van der Waals surface area contributed by atoms with Crippen LogP contribution in [0, 0.1) is 65.0 Å². The molecule has 0 radical (unpaired) electrons. The third-order valence-corrected chi connectivity index (χ3v) is 14.1. The number of hydrogen-bond acceptors (Lipinski definition) is 12. The van der Waals surface area contributed by atoms with Gasteiger partial charge in [0.15, 0.2) is 0 Å². The Hall–Kier alpha value is -2.36. The molecule has 4 atom stereocenters. The maximum absolute atomic E-state index is 13.2. The molecule has 74 heavy (non-hydrogen) atoms. The fraction of sp³-hybridized carbons (Fsp3) is 0.933. The zero-order valence-corrected chi connectivity index (χ0v) is 52.5. The second-order valence-corrected chi connectivity index (χ2v) is 29.8. The van der Waals surface area contributed by atoms with E-state index in [9.17, 15) is 29.4 Å². The first-order valence-corrected chi connectivity index (χ1v) is 27.4. The fourth-order valence-electron chi connectivity index (χ4n) is 9.74. The lowest BCUT2D eigenvalue weighted by molar-refractivity contribution is -0.174. The number of esters is 2. The quantitative estimate of drug-likeness (QED) is 0.0512. The van der Waals surface area contributed by atoms with Crippen LogP contribution in [0.1, 0.15) is 206 Å². The fourth-order valence-corrected chi connectivity index (χ4v) is 9.74. The summed E-state index contributed by atoms with van der Waals surface area (Å²) >= 11 is 0. The Balaban J connectivity index is 0. The lowest BCUT2D eigenvalue weighted by Crippen LogP contribution is -2.50. The Kier molecular flexibility index (Phi) is 29.5. The molecule has 0 rings (SSSR count). The van der Waals surface area contributed by atoms with Crippen molar-refractivity contribution in [2.24, 2.45) is 65.0 Å². The van der Waals surface area contributed by atoms with Crippen LogP contribution >= 0.6 is 0 Å². The Morgan fingerprint density at radius 3 is 0.635 bits per heavy atom. The molecule has 14 heteroatoms. The van der Waals surface area contributed by atoms with Gasteiger partial charge in [-0.1, -0.05) is 166 Å². The zero-order chi connectivity index (χ0) is 58.7. The van der Waals surface area contributed by atoms with Crippen LogP contribution in [0.5, 0.6) is 0 Å². The van der Waals surface area contributed by atoms with Gasteiger partial charge in [0.1, 0.15) is 0 Å². The van der Waals surface area contributed by atoms with Crippen molar-refractivity contribution in [2.45, 2.75) is 206 Å². The molecular formula is C60H116O14. The van der Waals surface area contributed by atoms with E-state index in [1.807, 2.05) is 96.9 Å². The number of ether oxygens (including phenoxy) is 8. The molecule has 0 aromatic heterocycles. The third-order valence-electron chi connectivity index (χ3n) is 14.1. The van der Waals surface area contributed by atoms with Crippen LogP contribution in [0.3, 0.4) is 0 Å². The van der Waals surface area contributed by atoms with E-state index in [1.165, 1.54) is 0 Å². The van der Waals surface area contributed by atoms with Gasteiger partial charge in [-0.15, -0.1) is 0 Å². The van der Waals surface area contributed by atoms with E-state index < -0.39 is 44.4 Å². The van der Waals surface area contributed by atoms with Gasteiger partial charge in [-0.05, 0) is 82.9 Å². The van der Waals surface area contributed by atoms with E-state index in [4.69, 9.17) is 37.9 Å². The first-order chi connectivity index (χ1) is 33.1. The van der Waals surface area contributed by atoms with Crippen molar-refractivity contribution in [1.29, 1.82) is 0 Å². The normalized spacial score (nSPS) is 16.7. The lowest BCUT2D eigenvalue weighted by Gasteiger charge is -2.45. The standard InChI is InChI=1S/C32H62O7.C28H54O7/c1-15-38-25(33)31(29(9,10)11,21-27(3,4)5)23-36-19-17-35-18-20-37-24-32(30(12,13)14,22-28(6,7)8)26(34)39-16-2;1-23(2,3)17-27(21(29)30,25(7,8)9)19-34-15-13-33-14-16-35-20-28(22(31)32,26(10,11)12)18-24(4,5)6/h15-24H2,1-14H3;13-20H2,1-12H3,(H,29,30)(H,31,32). The van der Waals surface area contributed by atoms with Crippen LogP contribution in [0.2, 0.25) is 0 Å². The molecule has 0 saturated carbocycles. The smallest absolute Gasteiger partial charge is 0.314 e. The van der Waals surface area contributed by atoms with E-state index in [1.54, 1.807) is 0 Å². The molecular weight excluding hydrogens is 945 g/mol. The molecule has 0 saturated heterocycles. The third kappa shape index (κ3) is 24.5. The van der Waals surface area contributed by atoms with Crippen LogP contribution in [0.4, 0.5) is 0 Å². The number of carbonyl (C=O) groups is 4. The number of aliphatic carboxylic acids is 2. The summed E-state index contributed by atoms with van der Waals surface area (Å²) in [5.74, 6) is -2.10. The molecule has 0 aliphatic carbocycles. The molecule has 2 N–H and O–H groups in total. The van der Waals surface area contributed by atoms with Crippen LogP contribution < -0.4 is 0 Å². The Labute approximate surface area is 452 Å². The Bertz CT molecular complexity index is 1530. The predicted octanol–water partition coefficient (Wildman–Crippen LogP) is 13.2. The largest absolute Gasteiger partial charge is 0.481 e. The second kappa shape index (κ2) is 29.6. The van der Waals surface area contributed by atoms with Crippen molar-refractivity contribution >= 4 is 23.9 Å². The molecule has 0 aliphatic heterocycles. The monoisotopic (exact) mass is 1060 g/mol. The molecule has 0 aromatic rings. The number of carbonyl (C=O) groups excluding carboxylic acids is 2. The number of rotatable bonds is 30. The molecule has 14 nitrogen and oxygen atoms in total. The van der Waals surface area contributed by atoms with Crippen molar-refractivity contribution in [3.05, 3.63) is 0 Å². The lowest BCUT2D eigenvalue weighted by atomic mass is 9.60. The molecule has 0 fully saturated rings. The van der Waals surface area contributed by atoms with Crippen molar-refractivity contribution in [3.63, 3.8) is 0 Å². The maximum Gasteiger partial charge on any atom is 0.314 e. The summed E-state index contributed by atoms with van der Waals surface area (Å²) in [6.45, 7) is 56.9. The highest BCUT2D eigenvalue weighted by molar-refractivity contribution is 5.79. The van der Waals surface area contributed by atoms with E-state index >= 15 is 0 Å². The highest BCUT2D eigenvalue weighted by Crippen LogP contribution is 2.51. The van der Waals surface area contributed by atoms with Crippen molar-refractivity contribution in [1.82, 2.24) is 0 Å². The first kappa shape index (κ1) is 73.7. The zero-order valence-electron chi connectivity index (χ0n) is 52.5. The summed E-state index contributed by atoms with van der Waals surface area (Å²) in [5, 5.41) is 20.2. The first-order valence-electron chi connectivity index (χ1n) is 27.4. The topological polar surface area (TPSA) is 183 Å². The van der Waals surface area contributed by atoms with E-state index in [0.717, 1.165) is 0 Å². The highest BCUT2D eigenvalue weighted by atomic mass is 16.6.